The molecular formula is C24H37NSn. The fraction of sp³-hybridized carbons (Fsp3) is 0.542. The van der Waals surface area contributed by atoms with Crippen molar-refractivity contribution in [3.8, 4) is 11.1 Å². The van der Waals surface area contributed by atoms with Crippen LogP contribution >= 0.6 is 0 Å². The summed E-state index contributed by atoms with van der Waals surface area (Å²) >= 11 is -2.43. The van der Waals surface area contributed by atoms with E-state index in [1.165, 1.54) is 72.2 Å². The first-order valence-electron chi connectivity index (χ1n) is 10.7. The van der Waals surface area contributed by atoms with Gasteiger partial charge in [0, 0.05) is 0 Å². The second-order valence-corrected chi connectivity index (χ2v) is 20.9. The molecule has 1 aromatic carbocycles. The summed E-state index contributed by atoms with van der Waals surface area (Å²) in [5, 5.41) is 0. The molecule has 0 aliphatic heterocycles. The molecule has 0 aliphatic rings. The summed E-state index contributed by atoms with van der Waals surface area (Å²) < 4.78 is 5.98. The van der Waals surface area contributed by atoms with Gasteiger partial charge in [-0.2, -0.15) is 0 Å². The average molecular weight is 458 g/mol. The third kappa shape index (κ3) is 5.84. The third-order valence-corrected chi connectivity index (χ3v) is 20.8. The van der Waals surface area contributed by atoms with Gasteiger partial charge in [0.05, 0.1) is 0 Å². The molecule has 0 amide bonds. The SMILES string of the molecule is CCC[CH2][Sn]([CH2]CCC)([CH2]CCC)[c]1cc(-c2ccc(C)cc2)ccn1. The van der Waals surface area contributed by atoms with Crippen molar-refractivity contribution in [1.29, 1.82) is 0 Å². The Morgan fingerprint density at radius 1 is 0.731 bits per heavy atom. The summed E-state index contributed by atoms with van der Waals surface area (Å²) in [7, 11) is 0. The summed E-state index contributed by atoms with van der Waals surface area (Å²) in [5.41, 5.74) is 4.02. The van der Waals surface area contributed by atoms with Gasteiger partial charge < -0.3 is 0 Å². The molecule has 0 bridgehead atoms. The van der Waals surface area contributed by atoms with Crippen LogP contribution < -0.4 is 3.71 Å². The van der Waals surface area contributed by atoms with Crippen molar-refractivity contribution in [2.24, 2.45) is 0 Å². The summed E-state index contributed by atoms with van der Waals surface area (Å²) in [4.78, 5) is 5.01. The predicted octanol–water partition coefficient (Wildman–Crippen LogP) is 7.11. The second kappa shape index (κ2) is 11.1. The second-order valence-electron chi connectivity index (χ2n) is 7.89. The van der Waals surface area contributed by atoms with Gasteiger partial charge >= 0.3 is 166 Å². The van der Waals surface area contributed by atoms with E-state index in [1.54, 1.807) is 0 Å². The Hall–Kier alpha value is -0.831. The van der Waals surface area contributed by atoms with E-state index in [2.05, 4.69) is 70.3 Å². The Bertz CT molecular complexity index is 626. The molecule has 0 unspecified atom stereocenters. The molecule has 1 nitrogen and oxygen atoms in total. The van der Waals surface area contributed by atoms with Gasteiger partial charge in [-0.1, -0.05) is 0 Å². The third-order valence-electron chi connectivity index (χ3n) is 5.71. The van der Waals surface area contributed by atoms with Crippen LogP contribution in [0.3, 0.4) is 0 Å². The van der Waals surface area contributed by atoms with Crippen molar-refractivity contribution in [2.45, 2.75) is 79.5 Å². The normalized spacial score (nSPS) is 11.7. The van der Waals surface area contributed by atoms with Crippen LogP contribution in [0.1, 0.15) is 64.9 Å². The molecule has 0 spiro atoms. The summed E-state index contributed by atoms with van der Waals surface area (Å²) in [6.45, 7) is 9.18. The summed E-state index contributed by atoms with van der Waals surface area (Å²) in [6, 6.07) is 13.6. The first kappa shape index (κ1) is 21.5. The van der Waals surface area contributed by atoms with E-state index in [4.69, 9.17) is 4.98 Å². The minimum atomic E-state index is -2.43. The topological polar surface area (TPSA) is 12.9 Å². The molecule has 0 fully saturated rings. The Morgan fingerprint density at radius 2 is 1.27 bits per heavy atom. The van der Waals surface area contributed by atoms with E-state index < -0.39 is 18.4 Å². The molecule has 2 rings (SSSR count). The van der Waals surface area contributed by atoms with E-state index in [0.29, 0.717) is 0 Å². The molecule has 0 saturated heterocycles. The van der Waals surface area contributed by atoms with Crippen molar-refractivity contribution >= 4 is 22.1 Å². The molecule has 0 radical (unpaired) electrons. The molecule has 142 valence electrons. The van der Waals surface area contributed by atoms with Crippen LogP contribution in [0.4, 0.5) is 0 Å². The number of aryl methyl sites for hydroxylation is 1. The first-order valence-corrected chi connectivity index (χ1v) is 18.2. The first-order chi connectivity index (χ1) is 12.6. The molecule has 0 N–H and O–H groups in total. The molecule has 1 aromatic heterocycles. The molecule has 26 heavy (non-hydrogen) atoms. The van der Waals surface area contributed by atoms with Crippen LogP contribution in [0.5, 0.6) is 0 Å². The van der Waals surface area contributed by atoms with Crippen LogP contribution in [-0.4, -0.2) is 23.4 Å². The number of rotatable bonds is 11. The van der Waals surface area contributed by atoms with Crippen LogP contribution in [-0.2, 0) is 0 Å². The van der Waals surface area contributed by atoms with Gasteiger partial charge in [0.15, 0.2) is 0 Å². The fourth-order valence-electron chi connectivity index (χ4n) is 3.95. The van der Waals surface area contributed by atoms with Gasteiger partial charge in [0.2, 0.25) is 0 Å². The molecule has 1 heterocycles. The molecule has 2 aromatic rings. The van der Waals surface area contributed by atoms with Crippen LogP contribution in [0, 0.1) is 6.92 Å². The van der Waals surface area contributed by atoms with Crippen LogP contribution in [0.2, 0.25) is 13.3 Å². The van der Waals surface area contributed by atoms with E-state index in [-0.39, 0.29) is 0 Å². The van der Waals surface area contributed by atoms with Crippen molar-refractivity contribution < 1.29 is 0 Å². The fourth-order valence-corrected chi connectivity index (χ4v) is 19.4. The zero-order valence-corrected chi connectivity index (χ0v) is 20.2. The van der Waals surface area contributed by atoms with Gasteiger partial charge in [-0.15, -0.1) is 0 Å². The predicted molar refractivity (Wildman–Crippen MR) is 119 cm³/mol. The van der Waals surface area contributed by atoms with Crippen molar-refractivity contribution in [2.75, 3.05) is 0 Å². The van der Waals surface area contributed by atoms with Crippen molar-refractivity contribution in [3.63, 3.8) is 0 Å². The average Bonchev–Trinajstić information content (AvgIpc) is 2.68. The van der Waals surface area contributed by atoms with E-state index in [1.807, 2.05) is 0 Å². The maximum atomic E-state index is 5.01. The zero-order chi connectivity index (χ0) is 18.8. The van der Waals surface area contributed by atoms with E-state index >= 15 is 0 Å². The Labute approximate surface area is 165 Å². The van der Waals surface area contributed by atoms with Crippen LogP contribution in [0.15, 0.2) is 42.6 Å². The quantitative estimate of drug-likeness (QED) is 0.327. The van der Waals surface area contributed by atoms with Gasteiger partial charge in [-0.05, 0) is 0 Å². The standard InChI is InChI=1S/C12H10N.3C4H9.Sn/c1-10-2-4-11(5-3-10)12-6-8-13-9-7-12;3*1-3-4-2;/h2-8H,1H3;3*1,3-4H2,2H3;. The maximum absolute atomic E-state index is 5.01. The minimum absolute atomic E-state index is 1.31. The molecule has 0 saturated carbocycles. The van der Waals surface area contributed by atoms with E-state index in [9.17, 15) is 0 Å². The summed E-state index contributed by atoms with van der Waals surface area (Å²) in [6.07, 6.45) is 10.2. The van der Waals surface area contributed by atoms with Crippen LogP contribution in [0.25, 0.3) is 11.1 Å². The number of pyridine rings is 1. The Kier molecular flexibility index (Phi) is 9.18. The molecular weight excluding hydrogens is 421 g/mol. The van der Waals surface area contributed by atoms with Crippen molar-refractivity contribution in [3.05, 3.63) is 48.2 Å². The number of benzene rings is 1. The van der Waals surface area contributed by atoms with Crippen molar-refractivity contribution in [1.82, 2.24) is 4.98 Å². The van der Waals surface area contributed by atoms with Gasteiger partial charge in [-0.3, -0.25) is 0 Å². The molecule has 0 aliphatic carbocycles. The Morgan fingerprint density at radius 3 is 1.77 bits per heavy atom. The number of hydrogen-bond acceptors (Lipinski definition) is 1. The molecule has 2 heteroatoms. The number of hydrogen-bond donors (Lipinski definition) is 0. The Balaban J connectivity index is 2.41. The molecule has 0 atom stereocenters. The summed E-state index contributed by atoms with van der Waals surface area (Å²) in [5.74, 6) is 0. The number of aromatic nitrogens is 1. The van der Waals surface area contributed by atoms with Gasteiger partial charge in [0.25, 0.3) is 0 Å². The number of nitrogens with zero attached hydrogens (tertiary/aromatic N) is 1. The monoisotopic (exact) mass is 459 g/mol. The zero-order valence-electron chi connectivity index (χ0n) is 17.4. The van der Waals surface area contributed by atoms with Gasteiger partial charge in [0.1, 0.15) is 0 Å². The van der Waals surface area contributed by atoms with Gasteiger partial charge in [-0.25, -0.2) is 0 Å². The number of unbranched alkanes of at least 4 members (excludes halogenated alkanes) is 3. The van der Waals surface area contributed by atoms with E-state index in [0.717, 1.165) is 0 Å².